The number of nitrogens with zero attached hydrogens (tertiary/aromatic N) is 2. The molecule has 4 aromatic rings. The summed E-state index contributed by atoms with van der Waals surface area (Å²) in [6, 6.07) is 25.6. The fraction of sp³-hybridized carbons (Fsp3) is 0.0333. The van der Waals surface area contributed by atoms with Gasteiger partial charge in [0.2, 0.25) is 0 Å². The molecule has 0 aromatic heterocycles. The zero-order valence-electron chi connectivity index (χ0n) is 20.2. The van der Waals surface area contributed by atoms with Crippen LogP contribution in [0, 0.1) is 5.82 Å². The van der Waals surface area contributed by atoms with Crippen molar-refractivity contribution in [1.29, 1.82) is 0 Å². The molecule has 0 N–H and O–H groups in total. The number of hydrogen-bond donors (Lipinski definition) is 0. The van der Waals surface area contributed by atoms with E-state index in [9.17, 15) is 18.8 Å². The summed E-state index contributed by atoms with van der Waals surface area (Å²) in [6.07, 6.45) is 1.38. The van der Waals surface area contributed by atoms with Crippen molar-refractivity contribution in [3.8, 4) is 5.75 Å². The third kappa shape index (κ3) is 5.41. The summed E-state index contributed by atoms with van der Waals surface area (Å²) in [4.78, 5) is 42.9. The van der Waals surface area contributed by atoms with E-state index in [-0.39, 0.29) is 12.2 Å². The minimum absolute atomic E-state index is 0.0876. The Kier molecular flexibility index (Phi) is 7.72. The molecule has 1 aliphatic heterocycles. The first-order valence-corrected chi connectivity index (χ1v) is 13.3. The zero-order valence-corrected chi connectivity index (χ0v) is 23.4. The normalized spacial score (nSPS) is 13.6. The van der Waals surface area contributed by atoms with E-state index in [1.54, 1.807) is 91.0 Å². The Morgan fingerprint density at radius 3 is 1.85 bits per heavy atom. The molecule has 0 spiro atoms. The van der Waals surface area contributed by atoms with E-state index in [0.29, 0.717) is 37.2 Å². The second-order valence-electron chi connectivity index (χ2n) is 8.48. The van der Waals surface area contributed by atoms with E-state index in [1.807, 2.05) is 0 Å². The lowest BCUT2D eigenvalue weighted by Crippen LogP contribution is -2.57. The number of imide groups is 2. The summed E-state index contributed by atoms with van der Waals surface area (Å²) in [5, 5.41) is 0. The number of halogens is 3. The first kappa shape index (κ1) is 26.5. The maximum absolute atomic E-state index is 14.2. The number of carbonyl (C=O) groups is 3. The van der Waals surface area contributed by atoms with Gasteiger partial charge in [0.25, 0.3) is 11.8 Å². The molecular formula is C30H19Br2FN2O4. The molecule has 0 radical (unpaired) electrons. The van der Waals surface area contributed by atoms with Crippen molar-refractivity contribution in [2.24, 2.45) is 0 Å². The standard InChI is InChI=1S/C30H19Br2FN2O4/c31-21-15-20(27(25(32)17-21)39-18-19-9-7-8-14-26(19)33)16-24-28(36)34(22-10-3-1-4-11-22)30(38)35(29(24)37)23-12-5-2-6-13-23/h1-17H,18H2. The minimum atomic E-state index is -0.786. The van der Waals surface area contributed by atoms with Gasteiger partial charge >= 0.3 is 6.03 Å². The molecule has 5 rings (SSSR count). The van der Waals surface area contributed by atoms with Gasteiger partial charge < -0.3 is 4.74 Å². The lowest BCUT2D eigenvalue weighted by Gasteiger charge is -2.34. The molecule has 0 unspecified atom stereocenters. The largest absolute Gasteiger partial charge is 0.487 e. The summed E-state index contributed by atoms with van der Waals surface area (Å²) in [5.41, 5.74) is 1.10. The van der Waals surface area contributed by atoms with Crippen LogP contribution in [0.2, 0.25) is 0 Å². The highest BCUT2D eigenvalue weighted by Gasteiger charge is 2.43. The molecule has 1 heterocycles. The summed E-state index contributed by atoms with van der Waals surface area (Å²) in [7, 11) is 0. The van der Waals surface area contributed by atoms with Gasteiger partial charge in [-0.3, -0.25) is 9.59 Å². The summed E-state index contributed by atoms with van der Waals surface area (Å²) >= 11 is 6.91. The molecule has 1 aliphatic rings. The molecule has 1 fully saturated rings. The molecule has 0 aliphatic carbocycles. The lowest BCUT2D eigenvalue weighted by molar-refractivity contribution is -0.121. The summed E-state index contributed by atoms with van der Waals surface area (Å²) in [5.74, 6) is -1.68. The second kappa shape index (κ2) is 11.3. The number of urea groups is 1. The number of para-hydroxylation sites is 2. The first-order valence-electron chi connectivity index (χ1n) is 11.7. The molecule has 39 heavy (non-hydrogen) atoms. The first-order chi connectivity index (χ1) is 18.8. The highest BCUT2D eigenvalue weighted by molar-refractivity contribution is 9.11. The second-order valence-corrected chi connectivity index (χ2v) is 10.2. The number of amides is 4. The Bertz CT molecular complexity index is 1550. The summed E-state index contributed by atoms with van der Waals surface area (Å²) < 4.78 is 21.4. The van der Waals surface area contributed by atoms with Crippen LogP contribution in [0.1, 0.15) is 11.1 Å². The van der Waals surface area contributed by atoms with Crippen LogP contribution in [-0.4, -0.2) is 17.8 Å². The number of carbonyl (C=O) groups excluding carboxylic acids is 3. The van der Waals surface area contributed by atoms with Crippen molar-refractivity contribution in [3.63, 3.8) is 0 Å². The molecular weight excluding hydrogens is 631 g/mol. The number of anilines is 2. The predicted octanol–water partition coefficient (Wildman–Crippen LogP) is 7.51. The van der Waals surface area contributed by atoms with Gasteiger partial charge in [0.1, 0.15) is 23.7 Å². The van der Waals surface area contributed by atoms with E-state index in [1.165, 1.54) is 12.1 Å². The van der Waals surface area contributed by atoms with Crippen LogP contribution >= 0.6 is 31.9 Å². The van der Waals surface area contributed by atoms with Crippen molar-refractivity contribution in [1.82, 2.24) is 0 Å². The van der Waals surface area contributed by atoms with E-state index in [4.69, 9.17) is 4.74 Å². The number of hydrogen-bond acceptors (Lipinski definition) is 4. The van der Waals surface area contributed by atoms with Crippen LogP contribution in [0.3, 0.4) is 0 Å². The van der Waals surface area contributed by atoms with Crippen molar-refractivity contribution < 1.29 is 23.5 Å². The van der Waals surface area contributed by atoms with Crippen LogP contribution < -0.4 is 14.5 Å². The molecule has 9 heteroatoms. The number of benzene rings is 4. The predicted molar refractivity (Wildman–Crippen MR) is 154 cm³/mol. The SMILES string of the molecule is O=C1C(=Cc2cc(Br)cc(Br)c2OCc2ccccc2F)C(=O)N(c2ccccc2)C(=O)N1c1ccccc1. The highest BCUT2D eigenvalue weighted by atomic mass is 79.9. The van der Waals surface area contributed by atoms with Gasteiger partial charge in [-0.25, -0.2) is 19.0 Å². The molecule has 4 amide bonds. The van der Waals surface area contributed by atoms with Crippen molar-refractivity contribution >= 4 is 67.2 Å². The van der Waals surface area contributed by atoms with Crippen molar-refractivity contribution in [2.75, 3.05) is 9.80 Å². The fourth-order valence-corrected chi connectivity index (χ4v) is 5.47. The van der Waals surface area contributed by atoms with Crippen LogP contribution in [0.4, 0.5) is 20.6 Å². The average molecular weight is 650 g/mol. The van der Waals surface area contributed by atoms with Crippen molar-refractivity contribution in [2.45, 2.75) is 6.61 Å². The van der Waals surface area contributed by atoms with Gasteiger partial charge in [-0.05, 0) is 64.5 Å². The molecule has 4 aromatic carbocycles. The number of rotatable bonds is 6. The molecule has 0 bridgehead atoms. The fourth-order valence-electron chi connectivity index (χ4n) is 4.10. The maximum atomic E-state index is 14.2. The van der Waals surface area contributed by atoms with Crippen LogP contribution in [0.25, 0.3) is 6.08 Å². The highest BCUT2D eigenvalue weighted by Crippen LogP contribution is 2.37. The topological polar surface area (TPSA) is 66.9 Å². The molecule has 0 atom stereocenters. The van der Waals surface area contributed by atoms with Gasteiger partial charge in [-0.1, -0.05) is 70.5 Å². The van der Waals surface area contributed by atoms with E-state index in [2.05, 4.69) is 31.9 Å². The smallest absolute Gasteiger partial charge is 0.343 e. The van der Waals surface area contributed by atoms with Crippen LogP contribution in [-0.2, 0) is 16.2 Å². The monoisotopic (exact) mass is 648 g/mol. The van der Waals surface area contributed by atoms with E-state index < -0.39 is 23.7 Å². The van der Waals surface area contributed by atoms with E-state index >= 15 is 0 Å². The van der Waals surface area contributed by atoms with Gasteiger partial charge in [-0.2, -0.15) is 0 Å². The van der Waals surface area contributed by atoms with Gasteiger partial charge in [0.05, 0.1) is 15.8 Å². The molecule has 6 nitrogen and oxygen atoms in total. The third-order valence-electron chi connectivity index (χ3n) is 5.95. The van der Waals surface area contributed by atoms with Crippen LogP contribution in [0.5, 0.6) is 5.75 Å². The Balaban J connectivity index is 1.62. The van der Waals surface area contributed by atoms with Gasteiger partial charge in [0, 0.05) is 15.6 Å². The van der Waals surface area contributed by atoms with Crippen molar-refractivity contribution in [3.05, 3.63) is 129 Å². The number of ether oxygens (including phenoxy) is 1. The van der Waals surface area contributed by atoms with Gasteiger partial charge in [0.15, 0.2) is 0 Å². The zero-order chi connectivity index (χ0) is 27.5. The molecule has 0 saturated carbocycles. The van der Waals surface area contributed by atoms with Gasteiger partial charge in [-0.15, -0.1) is 0 Å². The molecule has 1 saturated heterocycles. The third-order valence-corrected chi connectivity index (χ3v) is 6.99. The van der Waals surface area contributed by atoms with Crippen LogP contribution in [0.15, 0.2) is 112 Å². The van der Waals surface area contributed by atoms with E-state index in [0.717, 1.165) is 9.80 Å². The molecule has 194 valence electrons. The maximum Gasteiger partial charge on any atom is 0.343 e. The Morgan fingerprint density at radius 1 is 0.744 bits per heavy atom. The average Bonchev–Trinajstić information content (AvgIpc) is 2.92. The number of barbiturate groups is 1. The Hall–Kier alpha value is -4.08. The quantitative estimate of drug-likeness (QED) is 0.160. The Morgan fingerprint density at radius 2 is 1.28 bits per heavy atom. The summed E-state index contributed by atoms with van der Waals surface area (Å²) in [6.45, 7) is -0.0876. The Labute approximate surface area is 240 Å². The minimum Gasteiger partial charge on any atom is -0.487 e. The lowest BCUT2D eigenvalue weighted by atomic mass is 10.0.